The fourth-order valence-corrected chi connectivity index (χ4v) is 5.21. The van der Waals surface area contributed by atoms with Gasteiger partial charge in [-0.05, 0) is 42.9 Å². The van der Waals surface area contributed by atoms with Crippen LogP contribution >= 0.6 is 23.2 Å². The van der Waals surface area contributed by atoms with E-state index in [9.17, 15) is 8.42 Å². The van der Waals surface area contributed by atoms with Crippen LogP contribution in [0.3, 0.4) is 0 Å². The van der Waals surface area contributed by atoms with E-state index in [1.165, 1.54) is 6.07 Å². The first-order valence-electron chi connectivity index (χ1n) is 6.67. The highest BCUT2D eigenvalue weighted by atomic mass is 35.5. The van der Waals surface area contributed by atoms with E-state index in [1.54, 1.807) is 17.3 Å². The predicted molar refractivity (Wildman–Crippen MR) is 82.9 cm³/mol. The van der Waals surface area contributed by atoms with Crippen LogP contribution < -0.4 is 0 Å². The van der Waals surface area contributed by atoms with Crippen LogP contribution in [0.4, 0.5) is 0 Å². The SMILES string of the molecule is Cc1cc(Cl)c(Cl)cc1S(=O)(=O)N1C[C@@H](C)C[C@H](C)C1. The van der Waals surface area contributed by atoms with Gasteiger partial charge in [0, 0.05) is 13.1 Å². The summed E-state index contributed by atoms with van der Waals surface area (Å²) in [6, 6.07) is 3.06. The molecule has 112 valence electrons. The summed E-state index contributed by atoms with van der Waals surface area (Å²) in [5, 5.41) is 0.650. The summed E-state index contributed by atoms with van der Waals surface area (Å²) in [4.78, 5) is 0.258. The van der Waals surface area contributed by atoms with E-state index in [0.29, 0.717) is 35.5 Å². The first-order chi connectivity index (χ1) is 9.21. The van der Waals surface area contributed by atoms with E-state index in [1.807, 2.05) is 0 Å². The van der Waals surface area contributed by atoms with Crippen molar-refractivity contribution in [2.24, 2.45) is 11.8 Å². The van der Waals surface area contributed by atoms with E-state index in [4.69, 9.17) is 23.2 Å². The van der Waals surface area contributed by atoms with Crippen LogP contribution in [-0.2, 0) is 10.0 Å². The summed E-state index contributed by atoms with van der Waals surface area (Å²) < 4.78 is 27.1. The van der Waals surface area contributed by atoms with Gasteiger partial charge in [0.15, 0.2) is 0 Å². The zero-order valence-corrected chi connectivity index (χ0v) is 14.2. The number of aryl methyl sites for hydroxylation is 1. The first-order valence-corrected chi connectivity index (χ1v) is 8.87. The van der Waals surface area contributed by atoms with Crippen LogP contribution in [0.15, 0.2) is 17.0 Å². The van der Waals surface area contributed by atoms with Crippen molar-refractivity contribution in [3.8, 4) is 0 Å². The molecule has 6 heteroatoms. The molecule has 0 saturated carbocycles. The standard InChI is InChI=1S/C14H19Cl2NO2S/c1-9-4-10(2)8-17(7-9)20(18,19)14-6-13(16)12(15)5-11(14)3/h5-6,9-10H,4,7-8H2,1-3H3/t9-,10-/m0/s1. The number of hydrogen-bond acceptors (Lipinski definition) is 2. The lowest BCUT2D eigenvalue weighted by molar-refractivity contribution is 0.222. The van der Waals surface area contributed by atoms with Gasteiger partial charge in [0.1, 0.15) is 0 Å². The summed E-state index contributed by atoms with van der Waals surface area (Å²) >= 11 is 11.9. The van der Waals surface area contributed by atoms with Crippen molar-refractivity contribution < 1.29 is 8.42 Å². The fourth-order valence-electron chi connectivity index (χ4n) is 2.85. The van der Waals surface area contributed by atoms with E-state index in [2.05, 4.69) is 13.8 Å². The van der Waals surface area contributed by atoms with Gasteiger partial charge in [-0.25, -0.2) is 8.42 Å². The molecule has 2 atom stereocenters. The van der Waals surface area contributed by atoms with Crippen molar-refractivity contribution in [3.05, 3.63) is 27.7 Å². The summed E-state index contributed by atoms with van der Waals surface area (Å²) in [5.41, 5.74) is 0.630. The van der Waals surface area contributed by atoms with Crippen molar-refractivity contribution in [1.29, 1.82) is 0 Å². The molecule has 0 aromatic heterocycles. The topological polar surface area (TPSA) is 37.4 Å². The van der Waals surface area contributed by atoms with Crippen LogP contribution in [0.5, 0.6) is 0 Å². The highest BCUT2D eigenvalue weighted by Gasteiger charge is 2.32. The van der Waals surface area contributed by atoms with E-state index >= 15 is 0 Å². The Kier molecular flexibility index (Phi) is 4.69. The highest BCUT2D eigenvalue weighted by Crippen LogP contribution is 2.32. The Morgan fingerprint density at radius 1 is 1.10 bits per heavy atom. The number of benzene rings is 1. The second kappa shape index (κ2) is 5.84. The van der Waals surface area contributed by atoms with Crippen molar-refractivity contribution in [2.75, 3.05) is 13.1 Å². The molecule has 1 heterocycles. The summed E-state index contributed by atoms with van der Waals surface area (Å²) in [6.07, 6.45) is 1.06. The second-order valence-corrected chi connectivity index (χ2v) is 8.52. The fraction of sp³-hybridized carbons (Fsp3) is 0.571. The van der Waals surface area contributed by atoms with Gasteiger partial charge in [0.2, 0.25) is 10.0 Å². The van der Waals surface area contributed by atoms with Crippen LogP contribution in [-0.4, -0.2) is 25.8 Å². The van der Waals surface area contributed by atoms with Crippen LogP contribution in [0.25, 0.3) is 0 Å². The number of nitrogens with zero attached hydrogens (tertiary/aromatic N) is 1. The zero-order chi connectivity index (χ0) is 15.1. The molecule has 0 radical (unpaired) electrons. The number of sulfonamides is 1. The van der Waals surface area contributed by atoms with Crippen molar-refractivity contribution in [1.82, 2.24) is 4.31 Å². The highest BCUT2D eigenvalue weighted by molar-refractivity contribution is 7.89. The first kappa shape index (κ1) is 16.1. The third-order valence-corrected chi connectivity index (χ3v) is 6.37. The summed E-state index contributed by atoms with van der Waals surface area (Å²) in [5.74, 6) is 0.744. The Morgan fingerprint density at radius 2 is 1.60 bits per heavy atom. The lowest BCUT2D eigenvalue weighted by Crippen LogP contribution is -2.42. The minimum Gasteiger partial charge on any atom is -0.207 e. The molecular weight excluding hydrogens is 317 g/mol. The van der Waals surface area contributed by atoms with Gasteiger partial charge in [-0.1, -0.05) is 37.0 Å². The molecule has 1 fully saturated rings. The average molecular weight is 336 g/mol. The Bertz CT molecular complexity index is 606. The second-order valence-electron chi connectivity index (χ2n) is 5.80. The Morgan fingerprint density at radius 3 is 2.15 bits per heavy atom. The van der Waals surface area contributed by atoms with Gasteiger partial charge in [0.05, 0.1) is 14.9 Å². The van der Waals surface area contributed by atoms with E-state index < -0.39 is 10.0 Å². The molecule has 1 saturated heterocycles. The van der Waals surface area contributed by atoms with E-state index in [-0.39, 0.29) is 9.92 Å². The van der Waals surface area contributed by atoms with Crippen molar-refractivity contribution >= 4 is 33.2 Å². The molecule has 0 bridgehead atoms. The van der Waals surface area contributed by atoms with Gasteiger partial charge < -0.3 is 0 Å². The third kappa shape index (κ3) is 3.14. The number of hydrogen-bond donors (Lipinski definition) is 0. The van der Waals surface area contributed by atoms with Crippen molar-refractivity contribution in [3.63, 3.8) is 0 Å². The minimum absolute atomic E-state index is 0.258. The smallest absolute Gasteiger partial charge is 0.207 e. The lowest BCUT2D eigenvalue weighted by Gasteiger charge is -2.34. The van der Waals surface area contributed by atoms with Gasteiger partial charge >= 0.3 is 0 Å². The summed E-state index contributed by atoms with van der Waals surface area (Å²) in [6.45, 7) is 7.03. The average Bonchev–Trinajstić information content (AvgIpc) is 2.32. The maximum absolute atomic E-state index is 12.8. The zero-order valence-electron chi connectivity index (χ0n) is 11.9. The van der Waals surface area contributed by atoms with Gasteiger partial charge in [0.25, 0.3) is 0 Å². The Hall–Kier alpha value is -0.290. The lowest BCUT2D eigenvalue weighted by atomic mass is 9.94. The monoisotopic (exact) mass is 335 g/mol. The number of piperidine rings is 1. The molecule has 0 spiro atoms. The quantitative estimate of drug-likeness (QED) is 0.819. The van der Waals surface area contributed by atoms with Gasteiger partial charge in [-0.3, -0.25) is 0 Å². The minimum atomic E-state index is -3.51. The molecule has 0 N–H and O–H groups in total. The Balaban J connectivity index is 2.42. The number of halogens is 2. The van der Waals surface area contributed by atoms with Gasteiger partial charge in [-0.15, -0.1) is 0 Å². The molecule has 2 rings (SSSR count). The van der Waals surface area contributed by atoms with Crippen LogP contribution in [0, 0.1) is 18.8 Å². The van der Waals surface area contributed by atoms with Crippen molar-refractivity contribution in [2.45, 2.75) is 32.1 Å². The van der Waals surface area contributed by atoms with Crippen LogP contribution in [0.1, 0.15) is 25.8 Å². The third-order valence-electron chi connectivity index (χ3n) is 3.67. The molecule has 1 aromatic carbocycles. The summed E-state index contributed by atoms with van der Waals surface area (Å²) in [7, 11) is -3.51. The molecule has 20 heavy (non-hydrogen) atoms. The predicted octanol–water partition coefficient (Wildman–Crippen LogP) is 3.97. The maximum atomic E-state index is 12.8. The molecule has 0 amide bonds. The largest absolute Gasteiger partial charge is 0.243 e. The molecule has 1 aromatic rings. The molecule has 0 unspecified atom stereocenters. The van der Waals surface area contributed by atoms with Gasteiger partial charge in [-0.2, -0.15) is 4.31 Å². The molecule has 3 nitrogen and oxygen atoms in total. The Labute approximate surface area is 130 Å². The van der Waals surface area contributed by atoms with Crippen LogP contribution in [0.2, 0.25) is 10.0 Å². The number of rotatable bonds is 2. The molecular formula is C14H19Cl2NO2S. The molecule has 1 aliphatic rings. The molecule has 0 aliphatic carbocycles. The van der Waals surface area contributed by atoms with E-state index in [0.717, 1.165) is 6.42 Å². The normalized spacial score (nSPS) is 24.9. The maximum Gasteiger partial charge on any atom is 0.243 e. The molecule has 1 aliphatic heterocycles.